The van der Waals surface area contributed by atoms with Gasteiger partial charge in [-0.2, -0.15) is 0 Å². The molecule has 0 radical (unpaired) electrons. The first-order valence-electron chi connectivity index (χ1n) is 7.94. The summed E-state index contributed by atoms with van der Waals surface area (Å²) < 4.78 is 5.81. The zero-order chi connectivity index (χ0) is 13.9. The van der Waals surface area contributed by atoms with Crippen LogP contribution in [0.25, 0.3) is 0 Å². The van der Waals surface area contributed by atoms with Crippen molar-refractivity contribution in [3.8, 4) is 0 Å². The number of hydrogen-bond acceptors (Lipinski definition) is 2. The number of aryl methyl sites for hydroxylation is 1. The Morgan fingerprint density at radius 3 is 2.05 bits per heavy atom. The fraction of sp³-hybridized carbons (Fsp3) is 0.765. The highest BCUT2D eigenvalue weighted by molar-refractivity contribution is 5.07. The van der Waals surface area contributed by atoms with E-state index in [1.165, 1.54) is 51.4 Å². The van der Waals surface area contributed by atoms with Gasteiger partial charge in [0.05, 0.1) is 6.54 Å². The topological polar surface area (TPSA) is 16.4 Å². The fourth-order valence-electron chi connectivity index (χ4n) is 2.39. The summed E-state index contributed by atoms with van der Waals surface area (Å²) in [6, 6.07) is 4.25. The molecule has 1 rings (SSSR count). The first kappa shape index (κ1) is 16.3. The third-order valence-electron chi connectivity index (χ3n) is 3.47. The molecular weight excluding hydrogens is 234 g/mol. The van der Waals surface area contributed by atoms with Gasteiger partial charge in [-0.15, -0.1) is 0 Å². The molecule has 0 bridgehead atoms. The van der Waals surface area contributed by atoms with Gasteiger partial charge in [-0.05, 0) is 32.6 Å². The molecule has 110 valence electrons. The summed E-state index contributed by atoms with van der Waals surface area (Å²) in [5, 5.41) is 0. The minimum absolute atomic E-state index is 0.900. The van der Waals surface area contributed by atoms with Gasteiger partial charge in [-0.25, -0.2) is 0 Å². The van der Waals surface area contributed by atoms with Crippen molar-refractivity contribution in [2.75, 3.05) is 14.1 Å². The zero-order valence-electron chi connectivity index (χ0n) is 13.1. The quantitative estimate of drug-likeness (QED) is 0.522. The molecule has 0 aromatic carbocycles. The highest BCUT2D eigenvalue weighted by atomic mass is 16.3. The van der Waals surface area contributed by atoms with Crippen molar-refractivity contribution in [1.82, 2.24) is 4.90 Å². The number of rotatable bonds is 11. The highest BCUT2D eigenvalue weighted by Crippen LogP contribution is 2.14. The first-order valence-corrected chi connectivity index (χ1v) is 7.94. The fourth-order valence-corrected chi connectivity index (χ4v) is 2.39. The van der Waals surface area contributed by atoms with Crippen LogP contribution in [0.4, 0.5) is 0 Å². The molecule has 0 unspecified atom stereocenters. The van der Waals surface area contributed by atoms with Crippen molar-refractivity contribution in [3.63, 3.8) is 0 Å². The first-order chi connectivity index (χ1) is 9.22. The maximum Gasteiger partial charge on any atom is 0.118 e. The van der Waals surface area contributed by atoms with Gasteiger partial charge in [-0.3, -0.25) is 0 Å². The monoisotopic (exact) mass is 265 g/mol. The molecule has 0 fully saturated rings. The number of furan rings is 1. The molecule has 1 aromatic heterocycles. The molecule has 0 N–H and O–H groups in total. The summed E-state index contributed by atoms with van der Waals surface area (Å²) in [5.74, 6) is 2.24. The number of hydrogen-bond donors (Lipinski definition) is 0. The molecule has 0 aliphatic rings. The second kappa shape index (κ2) is 10.1. The summed E-state index contributed by atoms with van der Waals surface area (Å²) in [5.41, 5.74) is 0. The Balaban J connectivity index is 2.01. The summed E-state index contributed by atoms with van der Waals surface area (Å²) in [6.07, 6.45) is 12.1. The lowest BCUT2D eigenvalue weighted by Gasteiger charge is -2.05. The molecular formula is C17H31NO. The maximum atomic E-state index is 5.81. The number of unbranched alkanes of at least 4 members (excludes halogenated alkanes) is 7. The van der Waals surface area contributed by atoms with Crippen LogP contribution in [0.2, 0.25) is 0 Å². The van der Waals surface area contributed by atoms with Crippen LogP contribution in [0.5, 0.6) is 0 Å². The van der Waals surface area contributed by atoms with Crippen molar-refractivity contribution in [2.45, 2.75) is 71.3 Å². The summed E-state index contributed by atoms with van der Waals surface area (Å²) in [4.78, 5) is 2.14. The van der Waals surface area contributed by atoms with E-state index >= 15 is 0 Å². The zero-order valence-corrected chi connectivity index (χ0v) is 13.1. The van der Waals surface area contributed by atoms with E-state index in [0.717, 1.165) is 24.5 Å². The normalized spacial score (nSPS) is 11.4. The molecule has 19 heavy (non-hydrogen) atoms. The van der Waals surface area contributed by atoms with Crippen LogP contribution >= 0.6 is 0 Å². The molecule has 1 heterocycles. The van der Waals surface area contributed by atoms with Crippen LogP contribution in [0, 0.1) is 0 Å². The van der Waals surface area contributed by atoms with E-state index < -0.39 is 0 Å². The van der Waals surface area contributed by atoms with Crippen LogP contribution in [-0.2, 0) is 13.0 Å². The van der Waals surface area contributed by atoms with Gasteiger partial charge in [0.2, 0.25) is 0 Å². The van der Waals surface area contributed by atoms with Crippen LogP contribution in [0.3, 0.4) is 0 Å². The van der Waals surface area contributed by atoms with E-state index in [2.05, 4.69) is 38.1 Å². The molecule has 0 saturated carbocycles. The summed E-state index contributed by atoms with van der Waals surface area (Å²) in [6.45, 7) is 3.17. The Morgan fingerprint density at radius 1 is 0.842 bits per heavy atom. The Morgan fingerprint density at radius 2 is 1.42 bits per heavy atom. The lowest BCUT2D eigenvalue weighted by Crippen LogP contribution is -2.09. The van der Waals surface area contributed by atoms with Gasteiger partial charge in [-0.1, -0.05) is 51.9 Å². The standard InChI is InChI=1S/C17H31NO/c1-4-5-6-7-8-9-10-11-12-16-13-14-17(19-16)15-18(2)3/h13-14H,4-12,15H2,1-3H3. The van der Waals surface area contributed by atoms with Gasteiger partial charge in [0.15, 0.2) is 0 Å². The average molecular weight is 265 g/mol. The van der Waals surface area contributed by atoms with Gasteiger partial charge in [0.25, 0.3) is 0 Å². The third-order valence-corrected chi connectivity index (χ3v) is 3.47. The van der Waals surface area contributed by atoms with E-state index in [1.54, 1.807) is 0 Å². The minimum Gasteiger partial charge on any atom is -0.465 e. The Labute approximate surface area is 119 Å². The lowest BCUT2D eigenvalue weighted by molar-refractivity contribution is 0.340. The minimum atomic E-state index is 0.900. The maximum absolute atomic E-state index is 5.81. The number of nitrogens with zero attached hydrogens (tertiary/aromatic N) is 1. The Hall–Kier alpha value is -0.760. The van der Waals surface area contributed by atoms with E-state index in [4.69, 9.17) is 4.42 Å². The smallest absolute Gasteiger partial charge is 0.118 e. The van der Waals surface area contributed by atoms with Crippen molar-refractivity contribution in [3.05, 3.63) is 23.7 Å². The highest BCUT2D eigenvalue weighted by Gasteiger charge is 2.03. The SMILES string of the molecule is CCCCCCCCCCc1ccc(CN(C)C)o1. The van der Waals surface area contributed by atoms with Crippen molar-refractivity contribution in [1.29, 1.82) is 0 Å². The largest absolute Gasteiger partial charge is 0.465 e. The second-order valence-electron chi connectivity index (χ2n) is 5.83. The van der Waals surface area contributed by atoms with Gasteiger partial charge >= 0.3 is 0 Å². The van der Waals surface area contributed by atoms with E-state index in [0.29, 0.717) is 0 Å². The van der Waals surface area contributed by atoms with Gasteiger partial charge in [0, 0.05) is 6.42 Å². The Bertz CT molecular complexity index is 317. The average Bonchev–Trinajstić information content (AvgIpc) is 2.79. The molecule has 0 aliphatic heterocycles. The predicted molar refractivity (Wildman–Crippen MR) is 82.4 cm³/mol. The van der Waals surface area contributed by atoms with Crippen LogP contribution in [-0.4, -0.2) is 19.0 Å². The van der Waals surface area contributed by atoms with Gasteiger partial charge in [0.1, 0.15) is 11.5 Å². The van der Waals surface area contributed by atoms with E-state index in [1.807, 2.05) is 0 Å². The lowest BCUT2D eigenvalue weighted by atomic mass is 10.1. The molecule has 2 heteroatoms. The second-order valence-corrected chi connectivity index (χ2v) is 5.83. The van der Waals surface area contributed by atoms with Crippen molar-refractivity contribution < 1.29 is 4.42 Å². The third kappa shape index (κ3) is 8.10. The molecule has 0 spiro atoms. The molecule has 1 aromatic rings. The Kier molecular flexibility index (Phi) is 8.64. The van der Waals surface area contributed by atoms with E-state index in [9.17, 15) is 0 Å². The van der Waals surface area contributed by atoms with Crippen LogP contribution in [0.15, 0.2) is 16.5 Å². The molecule has 0 amide bonds. The van der Waals surface area contributed by atoms with Crippen molar-refractivity contribution in [2.24, 2.45) is 0 Å². The van der Waals surface area contributed by atoms with Crippen LogP contribution in [0.1, 0.15) is 69.8 Å². The molecule has 0 atom stereocenters. The van der Waals surface area contributed by atoms with E-state index in [-0.39, 0.29) is 0 Å². The molecule has 0 aliphatic carbocycles. The van der Waals surface area contributed by atoms with Crippen molar-refractivity contribution >= 4 is 0 Å². The predicted octanol–water partition coefficient (Wildman–Crippen LogP) is 5.02. The summed E-state index contributed by atoms with van der Waals surface area (Å²) in [7, 11) is 4.14. The van der Waals surface area contributed by atoms with Gasteiger partial charge < -0.3 is 9.32 Å². The summed E-state index contributed by atoms with van der Waals surface area (Å²) >= 11 is 0. The van der Waals surface area contributed by atoms with Crippen LogP contribution < -0.4 is 0 Å². The molecule has 0 saturated heterocycles. The molecule has 2 nitrogen and oxygen atoms in total.